The number of nitrogens with one attached hydrogen (secondary N) is 1. The Bertz CT molecular complexity index is 644. The number of amides is 1. The van der Waals surface area contributed by atoms with Gasteiger partial charge in [0.25, 0.3) is 5.91 Å². The molecule has 2 aromatic heterocycles. The van der Waals surface area contributed by atoms with Crippen molar-refractivity contribution >= 4 is 16.9 Å². The molecule has 1 N–H and O–H groups in total. The van der Waals surface area contributed by atoms with Gasteiger partial charge in [-0.1, -0.05) is 0 Å². The first-order valence-corrected chi connectivity index (χ1v) is 7.34. The van der Waals surface area contributed by atoms with Gasteiger partial charge in [-0.2, -0.15) is 5.10 Å². The summed E-state index contributed by atoms with van der Waals surface area (Å²) in [6, 6.07) is 2.09. The van der Waals surface area contributed by atoms with Gasteiger partial charge in [0, 0.05) is 36.7 Å². The summed E-state index contributed by atoms with van der Waals surface area (Å²) in [4.78, 5) is 16.5. The van der Waals surface area contributed by atoms with Crippen LogP contribution in [0.4, 0.5) is 0 Å². The average molecular weight is 288 g/mol. The van der Waals surface area contributed by atoms with E-state index in [9.17, 15) is 4.79 Å². The topological polar surface area (TPSA) is 69.0 Å². The molecule has 112 valence electrons. The number of hydrogen-bond acceptors (Lipinski definition) is 4. The van der Waals surface area contributed by atoms with Gasteiger partial charge in [0.1, 0.15) is 0 Å². The van der Waals surface area contributed by atoms with E-state index in [0.29, 0.717) is 18.0 Å². The lowest BCUT2D eigenvalue weighted by Gasteiger charge is -2.10. The molecule has 3 rings (SSSR count). The highest BCUT2D eigenvalue weighted by Crippen LogP contribution is 2.17. The molecule has 21 heavy (non-hydrogen) atoms. The van der Waals surface area contributed by atoms with Crippen LogP contribution in [-0.4, -0.2) is 40.4 Å². The van der Waals surface area contributed by atoms with Crippen LogP contribution in [-0.2, 0) is 4.74 Å². The molecule has 1 aliphatic heterocycles. The molecule has 1 aliphatic rings. The van der Waals surface area contributed by atoms with E-state index < -0.39 is 0 Å². The molecular weight excluding hydrogens is 268 g/mol. The monoisotopic (exact) mass is 288 g/mol. The van der Waals surface area contributed by atoms with Crippen LogP contribution < -0.4 is 5.32 Å². The minimum absolute atomic E-state index is 0.0893. The Morgan fingerprint density at radius 3 is 3.10 bits per heavy atom. The maximum atomic E-state index is 12.2. The molecule has 2 aromatic rings. The SMILES string of the molecule is CC(C)n1ncc2cc(C(=O)NC[C@@H]3CCOC3)cnc21. The standard InChI is InChI=1S/C15H20N4O2/c1-10(2)19-14-12(8-18-19)5-13(7-16-14)15(20)17-6-11-3-4-21-9-11/h5,7-8,10-11H,3-4,6,9H2,1-2H3,(H,17,20)/t11-/m0/s1. The van der Waals surface area contributed by atoms with Crippen molar-refractivity contribution in [3.63, 3.8) is 0 Å². The van der Waals surface area contributed by atoms with E-state index in [4.69, 9.17) is 4.74 Å². The molecule has 0 spiro atoms. The lowest BCUT2D eigenvalue weighted by molar-refractivity contribution is 0.0945. The van der Waals surface area contributed by atoms with Crippen molar-refractivity contribution in [3.05, 3.63) is 24.0 Å². The zero-order valence-corrected chi connectivity index (χ0v) is 12.4. The highest BCUT2D eigenvalue weighted by molar-refractivity contribution is 5.96. The van der Waals surface area contributed by atoms with Crippen LogP contribution in [0.25, 0.3) is 11.0 Å². The third-order valence-electron chi connectivity index (χ3n) is 3.76. The summed E-state index contributed by atoms with van der Waals surface area (Å²) in [5, 5.41) is 8.15. The Morgan fingerprint density at radius 1 is 1.52 bits per heavy atom. The van der Waals surface area contributed by atoms with E-state index >= 15 is 0 Å². The Balaban J connectivity index is 1.72. The van der Waals surface area contributed by atoms with Gasteiger partial charge in [-0.05, 0) is 26.3 Å². The van der Waals surface area contributed by atoms with E-state index in [0.717, 1.165) is 30.7 Å². The van der Waals surface area contributed by atoms with Crippen molar-refractivity contribution in [2.24, 2.45) is 5.92 Å². The molecule has 0 radical (unpaired) electrons. The van der Waals surface area contributed by atoms with Gasteiger partial charge in [-0.25, -0.2) is 9.67 Å². The lowest BCUT2D eigenvalue weighted by Crippen LogP contribution is -2.29. The van der Waals surface area contributed by atoms with Gasteiger partial charge in [0.2, 0.25) is 0 Å². The second-order valence-electron chi connectivity index (χ2n) is 5.76. The predicted octanol–water partition coefficient (Wildman–Crippen LogP) is 1.78. The maximum absolute atomic E-state index is 12.2. The number of fused-ring (bicyclic) bond motifs is 1. The molecule has 0 aromatic carbocycles. The fourth-order valence-corrected chi connectivity index (χ4v) is 2.53. The molecule has 0 saturated carbocycles. The summed E-state index contributed by atoms with van der Waals surface area (Å²) in [6.45, 7) is 6.29. The fraction of sp³-hybridized carbons (Fsp3) is 0.533. The number of carbonyl (C=O) groups is 1. The normalized spacial score (nSPS) is 18.5. The van der Waals surface area contributed by atoms with Crippen molar-refractivity contribution in [1.29, 1.82) is 0 Å². The zero-order valence-electron chi connectivity index (χ0n) is 12.4. The fourth-order valence-electron chi connectivity index (χ4n) is 2.53. The van der Waals surface area contributed by atoms with Crippen LogP contribution in [0.15, 0.2) is 18.5 Å². The zero-order chi connectivity index (χ0) is 14.8. The smallest absolute Gasteiger partial charge is 0.252 e. The number of aromatic nitrogens is 3. The first-order chi connectivity index (χ1) is 10.1. The quantitative estimate of drug-likeness (QED) is 0.931. The number of ether oxygens (including phenoxy) is 1. The summed E-state index contributed by atoms with van der Waals surface area (Å²) in [7, 11) is 0. The Morgan fingerprint density at radius 2 is 2.38 bits per heavy atom. The molecule has 1 atom stereocenters. The van der Waals surface area contributed by atoms with Crippen LogP contribution in [0, 0.1) is 5.92 Å². The van der Waals surface area contributed by atoms with Gasteiger partial charge < -0.3 is 10.1 Å². The number of pyridine rings is 1. The van der Waals surface area contributed by atoms with Crippen molar-refractivity contribution in [1.82, 2.24) is 20.1 Å². The third-order valence-corrected chi connectivity index (χ3v) is 3.76. The largest absolute Gasteiger partial charge is 0.381 e. The molecule has 0 aliphatic carbocycles. The van der Waals surface area contributed by atoms with E-state index in [1.807, 2.05) is 10.7 Å². The maximum Gasteiger partial charge on any atom is 0.252 e. The molecule has 0 bridgehead atoms. The molecule has 6 heteroatoms. The van der Waals surface area contributed by atoms with Crippen LogP contribution in [0.1, 0.15) is 36.7 Å². The van der Waals surface area contributed by atoms with E-state index in [1.54, 1.807) is 12.4 Å². The third kappa shape index (κ3) is 2.90. The molecule has 0 unspecified atom stereocenters. The first-order valence-electron chi connectivity index (χ1n) is 7.34. The molecule has 1 fully saturated rings. The number of hydrogen-bond donors (Lipinski definition) is 1. The number of rotatable bonds is 4. The molecular formula is C15H20N4O2. The van der Waals surface area contributed by atoms with E-state index in [-0.39, 0.29) is 11.9 Å². The Hall–Kier alpha value is -1.95. The number of nitrogens with zero attached hydrogens (tertiary/aromatic N) is 3. The van der Waals surface area contributed by atoms with Crippen molar-refractivity contribution < 1.29 is 9.53 Å². The van der Waals surface area contributed by atoms with Crippen LogP contribution >= 0.6 is 0 Å². The van der Waals surface area contributed by atoms with Crippen molar-refractivity contribution in [2.75, 3.05) is 19.8 Å². The number of carbonyl (C=O) groups excluding carboxylic acids is 1. The van der Waals surface area contributed by atoms with Gasteiger partial charge in [-0.3, -0.25) is 4.79 Å². The summed E-state index contributed by atoms with van der Waals surface area (Å²) >= 11 is 0. The van der Waals surface area contributed by atoms with Crippen molar-refractivity contribution in [2.45, 2.75) is 26.3 Å². The van der Waals surface area contributed by atoms with Crippen LogP contribution in [0.5, 0.6) is 0 Å². The minimum Gasteiger partial charge on any atom is -0.381 e. The second kappa shape index (κ2) is 5.81. The van der Waals surface area contributed by atoms with Crippen molar-refractivity contribution in [3.8, 4) is 0 Å². The van der Waals surface area contributed by atoms with Gasteiger partial charge >= 0.3 is 0 Å². The van der Waals surface area contributed by atoms with E-state index in [1.165, 1.54) is 0 Å². The summed E-state index contributed by atoms with van der Waals surface area (Å²) < 4.78 is 7.16. The van der Waals surface area contributed by atoms with Gasteiger partial charge in [0.05, 0.1) is 18.4 Å². The highest BCUT2D eigenvalue weighted by Gasteiger charge is 2.17. The molecule has 6 nitrogen and oxygen atoms in total. The Kier molecular flexibility index (Phi) is 3.88. The van der Waals surface area contributed by atoms with E-state index in [2.05, 4.69) is 29.2 Å². The highest BCUT2D eigenvalue weighted by atomic mass is 16.5. The molecule has 1 saturated heterocycles. The molecule has 3 heterocycles. The second-order valence-corrected chi connectivity index (χ2v) is 5.76. The summed E-state index contributed by atoms with van der Waals surface area (Å²) in [5.41, 5.74) is 1.38. The predicted molar refractivity (Wildman–Crippen MR) is 79.2 cm³/mol. The van der Waals surface area contributed by atoms with Gasteiger partial charge in [-0.15, -0.1) is 0 Å². The summed E-state index contributed by atoms with van der Waals surface area (Å²) in [6.07, 6.45) is 4.38. The lowest BCUT2D eigenvalue weighted by atomic mass is 10.1. The average Bonchev–Trinajstić information content (AvgIpc) is 3.13. The van der Waals surface area contributed by atoms with Gasteiger partial charge in [0.15, 0.2) is 5.65 Å². The Labute approximate surface area is 123 Å². The van der Waals surface area contributed by atoms with Crippen LogP contribution in [0.3, 0.4) is 0 Å². The molecule has 1 amide bonds. The minimum atomic E-state index is -0.0893. The van der Waals surface area contributed by atoms with Crippen LogP contribution in [0.2, 0.25) is 0 Å². The first kappa shape index (κ1) is 14.0. The summed E-state index contributed by atoms with van der Waals surface area (Å²) in [5.74, 6) is 0.336.